The number of rotatable bonds is 4. The van der Waals surface area contributed by atoms with E-state index in [0.29, 0.717) is 5.01 Å². The molecule has 1 aliphatic rings. The summed E-state index contributed by atoms with van der Waals surface area (Å²) >= 11 is 1.48. The third-order valence-electron chi connectivity index (χ3n) is 4.72. The number of carbonyl (C=O) groups is 1. The molecular weight excluding hydrogens is 334 g/mol. The molecule has 7 heteroatoms. The molecule has 130 valence electrons. The van der Waals surface area contributed by atoms with Crippen molar-refractivity contribution in [3.05, 3.63) is 47.5 Å². The van der Waals surface area contributed by atoms with E-state index in [4.69, 9.17) is 0 Å². The predicted octanol–water partition coefficient (Wildman–Crippen LogP) is 2.26. The van der Waals surface area contributed by atoms with Gasteiger partial charge in [-0.3, -0.25) is 9.69 Å². The average molecular weight is 355 g/mol. The van der Waals surface area contributed by atoms with Crippen molar-refractivity contribution in [2.75, 3.05) is 32.7 Å². The van der Waals surface area contributed by atoms with E-state index in [9.17, 15) is 4.79 Å². The van der Waals surface area contributed by atoms with E-state index in [1.807, 2.05) is 48.5 Å². The maximum Gasteiger partial charge on any atom is 0.282 e. The highest BCUT2D eigenvalue weighted by Gasteiger charge is 2.24. The Hall–Kier alpha value is -2.25. The third-order valence-corrected chi connectivity index (χ3v) is 5.74. The number of aryl methyl sites for hydroxylation is 1. The molecule has 0 atom stereocenters. The van der Waals surface area contributed by atoms with Gasteiger partial charge < -0.3 is 9.47 Å². The fourth-order valence-corrected chi connectivity index (χ4v) is 4.10. The first-order valence-electron chi connectivity index (χ1n) is 8.55. The van der Waals surface area contributed by atoms with Gasteiger partial charge in [0.2, 0.25) is 0 Å². The molecule has 0 bridgehead atoms. The summed E-state index contributed by atoms with van der Waals surface area (Å²) in [6.45, 7) is 7.29. The van der Waals surface area contributed by atoms with Crippen molar-refractivity contribution in [2.24, 2.45) is 0 Å². The molecule has 1 fully saturated rings. The Kier molecular flexibility index (Phi) is 4.50. The number of benzene rings is 1. The number of fused-ring (bicyclic) bond motifs is 1. The number of aromatic nitrogens is 3. The van der Waals surface area contributed by atoms with Gasteiger partial charge in [-0.15, -0.1) is 11.3 Å². The highest BCUT2D eigenvalue weighted by atomic mass is 32.1. The number of hydrogen-bond acceptors (Lipinski definition) is 5. The summed E-state index contributed by atoms with van der Waals surface area (Å²) < 4.78 is 3.23. The molecule has 1 aliphatic heterocycles. The van der Waals surface area contributed by atoms with Crippen LogP contribution in [0.5, 0.6) is 0 Å². The first kappa shape index (κ1) is 16.2. The van der Waals surface area contributed by atoms with E-state index < -0.39 is 0 Å². The molecule has 0 radical (unpaired) electrons. The number of imidazole rings is 1. The molecule has 0 saturated carbocycles. The summed E-state index contributed by atoms with van der Waals surface area (Å²) in [5, 5.41) is 0.601. The largest absolute Gasteiger partial charge is 0.334 e. The summed E-state index contributed by atoms with van der Waals surface area (Å²) in [5.41, 5.74) is 0.908. The number of para-hydroxylation sites is 1. The molecule has 3 heterocycles. The second-order valence-corrected chi connectivity index (χ2v) is 7.32. The van der Waals surface area contributed by atoms with Gasteiger partial charge in [0, 0.05) is 51.7 Å². The Balaban J connectivity index is 1.33. The molecule has 4 rings (SSSR count). The molecule has 0 aliphatic carbocycles. The van der Waals surface area contributed by atoms with Gasteiger partial charge in [0.15, 0.2) is 5.01 Å². The Morgan fingerprint density at radius 3 is 2.68 bits per heavy atom. The van der Waals surface area contributed by atoms with Crippen LogP contribution in [0.4, 0.5) is 0 Å². The van der Waals surface area contributed by atoms with Crippen molar-refractivity contribution in [3.8, 4) is 0 Å². The fraction of sp³-hybridized carbons (Fsp3) is 0.389. The van der Waals surface area contributed by atoms with Crippen LogP contribution in [0.1, 0.15) is 15.6 Å². The van der Waals surface area contributed by atoms with E-state index in [1.54, 1.807) is 0 Å². The Morgan fingerprint density at radius 2 is 1.96 bits per heavy atom. The van der Waals surface area contributed by atoms with Crippen molar-refractivity contribution in [1.82, 2.24) is 24.3 Å². The summed E-state index contributed by atoms with van der Waals surface area (Å²) in [4.78, 5) is 25.8. The van der Waals surface area contributed by atoms with Crippen molar-refractivity contribution in [1.29, 1.82) is 0 Å². The van der Waals surface area contributed by atoms with Crippen LogP contribution in [0.3, 0.4) is 0 Å². The molecule has 2 aromatic heterocycles. The van der Waals surface area contributed by atoms with Gasteiger partial charge in [0.1, 0.15) is 5.82 Å². The Morgan fingerprint density at radius 1 is 1.16 bits per heavy atom. The number of nitrogens with zero attached hydrogens (tertiary/aromatic N) is 5. The number of hydrogen-bond donors (Lipinski definition) is 0. The molecule has 25 heavy (non-hydrogen) atoms. The van der Waals surface area contributed by atoms with Gasteiger partial charge in [-0.25, -0.2) is 9.97 Å². The molecule has 0 unspecified atom stereocenters. The van der Waals surface area contributed by atoms with Crippen LogP contribution >= 0.6 is 11.3 Å². The fourth-order valence-electron chi connectivity index (χ4n) is 3.16. The lowest BCUT2D eigenvalue weighted by atomic mass is 10.3. The van der Waals surface area contributed by atoms with E-state index in [2.05, 4.69) is 19.4 Å². The van der Waals surface area contributed by atoms with Gasteiger partial charge in [-0.05, 0) is 19.1 Å². The average Bonchev–Trinajstić information content (AvgIpc) is 3.25. The molecule has 0 spiro atoms. The number of amides is 1. The first-order valence-corrected chi connectivity index (χ1v) is 9.37. The van der Waals surface area contributed by atoms with E-state index in [-0.39, 0.29) is 5.91 Å². The summed E-state index contributed by atoms with van der Waals surface area (Å²) in [5.74, 6) is 1.11. The quantitative estimate of drug-likeness (QED) is 0.720. The van der Waals surface area contributed by atoms with Crippen molar-refractivity contribution in [3.63, 3.8) is 0 Å². The zero-order chi connectivity index (χ0) is 17.2. The number of thiazole rings is 1. The second kappa shape index (κ2) is 6.93. The van der Waals surface area contributed by atoms with Crippen molar-refractivity contribution < 1.29 is 4.79 Å². The zero-order valence-electron chi connectivity index (χ0n) is 14.3. The topological polar surface area (TPSA) is 54.3 Å². The highest BCUT2D eigenvalue weighted by Crippen LogP contribution is 2.23. The van der Waals surface area contributed by atoms with Gasteiger partial charge >= 0.3 is 0 Å². The zero-order valence-corrected chi connectivity index (χ0v) is 15.1. The standard InChI is InChI=1S/C18H21N5OS/c1-14-19-6-7-22(14)11-8-21-9-12-23(13-10-21)18(24)17-20-15-4-2-3-5-16(15)25-17/h2-7H,8-13H2,1H3. The Bertz CT molecular complexity index is 845. The Labute approximate surface area is 150 Å². The molecule has 3 aromatic rings. The lowest BCUT2D eigenvalue weighted by molar-refractivity contribution is 0.0633. The lowest BCUT2D eigenvalue weighted by Gasteiger charge is -2.34. The smallest absolute Gasteiger partial charge is 0.282 e. The van der Waals surface area contributed by atoms with Crippen LogP contribution in [0.15, 0.2) is 36.7 Å². The maximum atomic E-state index is 12.7. The minimum atomic E-state index is 0.0614. The minimum Gasteiger partial charge on any atom is -0.334 e. The van der Waals surface area contributed by atoms with Crippen LogP contribution in [0, 0.1) is 6.92 Å². The third kappa shape index (κ3) is 3.43. The van der Waals surface area contributed by atoms with E-state index in [0.717, 1.165) is 55.3 Å². The van der Waals surface area contributed by atoms with Crippen LogP contribution in [-0.2, 0) is 6.54 Å². The molecule has 1 aromatic carbocycles. The summed E-state index contributed by atoms with van der Waals surface area (Å²) in [6.07, 6.45) is 3.85. The SMILES string of the molecule is Cc1nccn1CCN1CCN(C(=O)c2nc3ccccc3s2)CC1. The minimum absolute atomic E-state index is 0.0614. The van der Waals surface area contributed by atoms with Crippen LogP contribution in [0.2, 0.25) is 0 Å². The number of carbonyl (C=O) groups excluding carboxylic acids is 1. The summed E-state index contributed by atoms with van der Waals surface area (Å²) in [7, 11) is 0. The van der Waals surface area contributed by atoms with Gasteiger partial charge in [-0.2, -0.15) is 0 Å². The van der Waals surface area contributed by atoms with Crippen molar-refractivity contribution >= 4 is 27.5 Å². The predicted molar refractivity (Wildman–Crippen MR) is 98.9 cm³/mol. The molecule has 6 nitrogen and oxygen atoms in total. The van der Waals surface area contributed by atoms with E-state index >= 15 is 0 Å². The van der Waals surface area contributed by atoms with Crippen molar-refractivity contribution in [2.45, 2.75) is 13.5 Å². The van der Waals surface area contributed by atoms with Crippen LogP contribution in [0.25, 0.3) is 10.2 Å². The normalized spacial score (nSPS) is 15.8. The maximum absolute atomic E-state index is 12.7. The lowest BCUT2D eigenvalue weighted by Crippen LogP contribution is -2.49. The van der Waals surface area contributed by atoms with Crippen LogP contribution < -0.4 is 0 Å². The molecule has 1 saturated heterocycles. The summed E-state index contributed by atoms with van der Waals surface area (Å²) in [6, 6.07) is 7.91. The monoisotopic (exact) mass is 355 g/mol. The molecular formula is C18H21N5OS. The molecule has 1 amide bonds. The highest BCUT2D eigenvalue weighted by molar-refractivity contribution is 7.20. The van der Waals surface area contributed by atoms with Gasteiger partial charge in [-0.1, -0.05) is 12.1 Å². The van der Waals surface area contributed by atoms with E-state index in [1.165, 1.54) is 11.3 Å². The molecule has 0 N–H and O–H groups in total. The number of piperazine rings is 1. The first-order chi connectivity index (χ1) is 12.2. The van der Waals surface area contributed by atoms with Gasteiger partial charge in [0.05, 0.1) is 10.2 Å². The van der Waals surface area contributed by atoms with Crippen LogP contribution in [-0.4, -0.2) is 63.0 Å². The second-order valence-electron chi connectivity index (χ2n) is 6.29. The van der Waals surface area contributed by atoms with Gasteiger partial charge in [0.25, 0.3) is 5.91 Å².